The van der Waals surface area contributed by atoms with Crippen molar-refractivity contribution in [1.29, 1.82) is 0 Å². The van der Waals surface area contributed by atoms with E-state index in [1.54, 1.807) is 12.1 Å². The van der Waals surface area contributed by atoms with Crippen LogP contribution in [-0.2, 0) is 16.3 Å². The van der Waals surface area contributed by atoms with Crippen LogP contribution < -0.4 is 0 Å². The van der Waals surface area contributed by atoms with E-state index in [0.717, 1.165) is 11.8 Å². The number of hydrogen-bond donors (Lipinski definition) is 0. The third-order valence-electron chi connectivity index (χ3n) is 4.29. The van der Waals surface area contributed by atoms with Crippen LogP contribution in [0.4, 0.5) is 0 Å². The molecule has 0 bridgehead atoms. The second kappa shape index (κ2) is 11.4. The fraction of sp³-hybridized carbons (Fsp3) is 0.600. The predicted molar refractivity (Wildman–Crippen MR) is 99.4 cm³/mol. The van der Waals surface area contributed by atoms with E-state index in [2.05, 4.69) is 13.5 Å². The van der Waals surface area contributed by atoms with Gasteiger partial charge in [0.05, 0.1) is 4.90 Å². The SMILES string of the molecule is C=CS(=O)(=O)c1ccc(CCCCCCCCCCCC)cc1. The summed E-state index contributed by atoms with van der Waals surface area (Å²) in [5.41, 5.74) is 1.22. The molecular formula is C20H32O2S. The largest absolute Gasteiger partial charge is 0.219 e. The van der Waals surface area contributed by atoms with E-state index in [4.69, 9.17) is 0 Å². The van der Waals surface area contributed by atoms with Crippen molar-refractivity contribution < 1.29 is 8.42 Å². The lowest BCUT2D eigenvalue weighted by Gasteiger charge is -2.04. The molecule has 0 aromatic heterocycles. The van der Waals surface area contributed by atoms with Crippen LogP contribution >= 0.6 is 0 Å². The van der Waals surface area contributed by atoms with Crippen LogP contribution in [-0.4, -0.2) is 8.42 Å². The summed E-state index contributed by atoms with van der Waals surface area (Å²) in [5.74, 6) is 0. The molecule has 0 radical (unpaired) electrons. The smallest absolute Gasteiger partial charge is 0.199 e. The molecule has 1 aromatic carbocycles. The Morgan fingerprint density at radius 1 is 0.826 bits per heavy atom. The zero-order valence-corrected chi connectivity index (χ0v) is 15.4. The van der Waals surface area contributed by atoms with Gasteiger partial charge in [0.1, 0.15) is 0 Å². The van der Waals surface area contributed by atoms with Gasteiger partial charge in [0, 0.05) is 5.41 Å². The van der Waals surface area contributed by atoms with Crippen molar-refractivity contribution in [2.75, 3.05) is 0 Å². The van der Waals surface area contributed by atoms with Gasteiger partial charge in [-0.1, -0.05) is 83.4 Å². The first kappa shape index (κ1) is 20.0. The maximum Gasteiger partial charge on any atom is 0.199 e. The summed E-state index contributed by atoms with van der Waals surface area (Å²) < 4.78 is 23.3. The highest BCUT2D eigenvalue weighted by atomic mass is 32.2. The lowest BCUT2D eigenvalue weighted by Crippen LogP contribution is -1.96. The highest BCUT2D eigenvalue weighted by Gasteiger charge is 2.08. The lowest BCUT2D eigenvalue weighted by molar-refractivity contribution is 0.556. The third-order valence-corrected chi connectivity index (χ3v) is 5.66. The Hall–Kier alpha value is -1.09. The zero-order valence-electron chi connectivity index (χ0n) is 14.6. The minimum Gasteiger partial charge on any atom is -0.219 e. The van der Waals surface area contributed by atoms with Gasteiger partial charge in [-0.2, -0.15) is 0 Å². The van der Waals surface area contributed by atoms with Gasteiger partial charge in [-0.25, -0.2) is 8.42 Å². The molecule has 0 aliphatic rings. The van der Waals surface area contributed by atoms with Crippen molar-refractivity contribution in [2.45, 2.75) is 82.4 Å². The maximum absolute atomic E-state index is 11.6. The van der Waals surface area contributed by atoms with E-state index in [-0.39, 0.29) is 0 Å². The number of sulfone groups is 1. The average molecular weight is 337 g/mol. The van der Waals surface area contributed by atoms with Crippen LogP contribution in [0.2, 0.25) is 0 Å². The first-order chi connectivity index (χ1) is 11.1. The van der Waals surface area contributed by atoms with E-state index in [9.17, 15) is 8.42 Å². The number of rotatable bonds is 13. The molecule has 0 amide bonds. The van der Waals surface area contributed by atoms with Crippen LogP contribution in [0.25, 0.3) is 0 Å². The normalized spacial score (nSPS) is 11.5. The molecule has 0 N–H and O–H groups in total. The van der Waals surface area contributed by atoms with E-state index in [0.29, 0.717) is 4.90 Å². The minimum absolute atomic E-state index is 0.333. The molecule has 0 aliphatic heterocycles. The molecule has 130 valence electrons. The predicted octanol–water partition coefficient (Wildman–Crippen LogP) is 6.07. The number of benzene rings is 1. The van der Waals surface area contributed by atoms with Gasteiger partial charge in [-0.05, 0) is 30.5 Å². The summed E-state index contributed by atoms with van der Waals surface area (Å²) in [6.45, 7) is 5.60. The van der Waals surface area contributed by atoms with Gasteiger partial charge in [-0.15, -0.1) is 0 Å². The van der Waals surface area contributed by atoms with E-state index in [1.165, 1.54) is 69.8 Å². The van der Waals surface area contributed by atoms with E-state index < -0.39 is 9.84 Å². The molecule has 0 saturated carbocycles. The van der Waals surface area contributed by atoms with E-state index in [1.807, 2.05) is 12.1 Å². The molecule has 0 atom stereocenters. The number of unbranched alkanes of at least 4 members (excludes halogenated alkanes) is 9. The molecule has 0 aliphatic carbocycles. The van der Waals surface area contributed by atoms with Gasteiger partial charge in [-0.3, -0.25) is 0 Å². The Kier molecular flexibility index (Phi) is 9.93. The summed E-state index contributed by atoms with van der Waals surface area (Å²) >= 11 is 0. The lowest BCUT2D eigenvalue weighted by atomic mass is 10.0. The minimum atomic E-state index is -3.30. The molecule has 0 fully saturated rings. The topological polar surface area (TPSA) is 34.1 Å². The Bertz CT molecular complexity index is 529. The Labute approximate surface area is 142 Å². The van der Waals surface area contributed by atoms with Crippen LogP contribution in [0, 0.1) is 0 Å². The zero-order chi connectivity index (χ0) is 17.0. The van der Waals surface area contributed by atoms with Crippen LogP contribution in [0.3, 0.4) is 0 Å². The molecule has 2 nitrogen and oxygen atoms in total. The Morgan fingerprint density at radius 2 is 1.30 bits per heavy atom. The van der Waals surface area contributed by atoms with Crippen molar-refractivity contribution in [1.82, 2.24) is 0 Å². The summed E-state index contributed by atoms with van der Waals surface area (Å²) in [7, 11) is -3.30. The van der Waals surface area contributed by atoms with Gasteiger partial charge < -0.3 is 0 Å². The monoisotopic (exact) mass is 336 g/mol. The molecule has 1 aromatic rings. The van der Waals surface area contributed by atoms with Gasteiger partial charge >= 0.3 is 0 Å². The van der Waals surface area contributed by atoms with Gasteiger partial charge in [0.25, 0.3) is 0 Å². The second-order valence-corrected chi connectivity index (χ2v) is 8.18. The average Bonchev–Trinajstić information content (AvgIpc) is 2.57. The van der Waals surface area contributed by atoms with Crippen molar-refractivity contribution in [2.24, 2.45) is 0 Å². The van der Waals surface area contributed by atoms with E-state index >= 15 is 0 Å². The van der Waals surface area contributed by atoms with Crippen molar-refractivity contribution in [3.05, 3.63) is 41.8 Å². The summed E-state index contributed by atoms with van der Waals surface area (Å²) in [5, 5.41) is 1.00. The maximum atomic E-state index is 11.6. The summed E-state index contributed by atoms with van der Waals surface area (Å²) in [6, 6.07) is 7.21. The first-order valence-corrected chi connectivity index (χ1v) is 10.6. The van der Waals surface area contributed by atoms with Gasteiger partial charge in [0.2, 0.25) is 0 Å². The fourth-order valence-electron chi connectivity index (χ4n) is 2.76. The summed E-state index contributed by atoms with van der Waals surface area (Å²) in [4.78, 5) is 0.333. The first-order valence-electron chi connectivity index (χ1n) is 9.06. The molecule has 0 heterocycles. The van der Waals surface area contributed by atoms with Crippen LogP contribution in [0.5, 0.6) is 0 Å². The summed E-state index contributed by atoms with van der Waals surface area (Å²) in [6.07, 6.45) is 14.4. The Balaban J connectivity index is 2.11. The Morgan fingerprint density at radius 3 is 1.78 bits per heavy atom. The molecule has 0 unspecified atom stereocenters. The fourth-order valence-corrected chi connectivity index (χ4v) is 3.47. The van der Waals surface area contributed by atoms with Crippen LogP contribution in [0.15, 0.2) is 41.1 Å². The van der Waals surface area contributed by atoms with Crippen molar-refractivity contribution in [3.63, 3.8) is 0 Å². The molecule has 1 rings (SSSR count). The molecular weight excluding hydrogens is 304 g/mol. The van der Waals surface area contributed by atoms with Crippen molar-refractivity contribution >= 4 is 9.84 Å². The standard InChI is InChI=1S/C20H32O2S/c1-3-5-6-7-8-9-10-11-12-13-14-19-15-17-20(18-16-19)23(21,22)4-2/h4,15-18H,2-3,5-14H2,1H3. The number of aryl methyl sites for hydroxylation is 1. The quantitative estimate of drug-likeness (QED) is 0.410. The third kappa shape index (κ3) is 8.36. The van der Waals surface area contributed by atoms with Gasteiger partial charge in [0.15, 0.2) is 9.84 Å². The number of hydrogen-bond acceptors (Lipinski definition) is 2. The molecule has 0 spiro atoms. The molecule has 23 heavy (non-hydrogen) atoms. The molecule has 3 heteroatoms. The highest BCUT2D eigenvalue weighted by molar-refractivity contribution is 7.94. The van der Waals surface area contributed by atoms with Crippen LogP contribution in [0.1, 0.15) is 76.7 Å². The van der Waals surface area contributed by atoms with Crippen molar-refractivity contribution in [3.8, 4) is 0 Å². The second-order valence-electron chi connectivity index (χ2n) is 6.29. The highest BCUT2D eigenvalue weighted by Crippen LogP contribution is 2.16. The molecule has 0 saturated heterocycles.